The standard InChI is InChI=1S/C15H23N3O2S/c1-2-9-18-21(19,20)15-5-3-14(4-6-15)17-12-13-7-10-16-11-8-13/h3-7,16-18H,2,8-12H2,1H3. The van der Waals surface area contributed by atoms with Gasteiger partial charge in [-0.3, -0.25) is 0 Å². The third kappa shape index (κ3) is 4.84. The van der Waals surface area contributed by atoms with Crippen molar-refractivity contribution in [1.82, 2.24) is 10.0 Å². The molecule has 0 spiro atoms. The van der Waals surface area contributed by atoms with E-state index >= 15 is 0 Å². The van der Waals surface area contributed by atoms with Crippen LogP contribution in [-0.4, -0.2) is 34.6 Å². The quantitative estimate of drug-likeness (QED) is 0.671. The van der Waals surface area contributed by atoms with Crippen LogP contribution in [0.25, 0.3) is 0 Å². The second kappa shape index (κ2) is 7.59. The average molecular weight is 309 g/mol. The summed E-state index contributed by atoms with van der Waals surface area (Å²) in [7, 11) is -3.37. The summed E-state index contributed by atoms with van der Waals surface area (Å²) in [6, 6.07) is 6.89. The third-order valence-electron chi connectivity index (χ3n) is 3.38. The number of nitrogens with one attached hydrogen (secondary N) is 3. The predicted molar refractivity (Wildman–Crippen MR) is 86.0 cm³/mol. The second-order valence-electron chi connectivity index (χ2n) is 5.09. The van der Waals surface area contributed by atoms with Gasteiger partial charge in [0.25, 0.3) is 0 Å². The lowest BCUT2D eigenvalue weighted by atomic mass is 10.1. The topological polar surface area (TPSA) is 70.2 Å². The minimum atomic E-state index is -3.37. The fourth-order valence-corrected chi connectivity index (χ4v) is 3.25. The maximum absolute atomic E-state index is 12.0. The zero-order chi connectivity index (χ0) is 15.1. The van der Waals surface area contributed by atoms with E-state index in [2.05, 4.69) is 21.4 Å². The Morgan fingerprint density at radius 2 is 2.00 bits per heavy atom. The number of sulfonamides is 1. The number of rotatable bonds is 7. The largest absolute Gasteiger partial charge is 0.381 e. The predicted octanol–water partition coefficient (Wildman–Crippen LogP) is 1.71. The van der Waals surface area contributed by atoms with E-state index in [-0.39, 0.29) is 0 Å². The van der Waals surface area contributed by atoms with Crippen LogP contribution in [0, 0.1) is 0 Å². The number of benzene rings is 1. The molecule has 1 aliphatic heterocycles. The van der Waals surface area contributed by atoms with Gasteiger partial charge in [-0.25, -0.2) is 13.1 Å². The van der Waals surface area contributed by atoms with Crippen molar-refractivity contribution in [2.75, 3.05) is 31.5 Å². The van der Waals surface area contributed by atoms with Crippen molar-refractivity contribution in [3.05, 3.63) is 35.9 Å². The van der Waals surface area contributed by atoms with E-state index in [4.69, 9.17) is 0 Å². The Kier molecular flexibility index (Phi) is 5.78. The van der Waals surface area contributed by atoms with Crippen LogP contribution in [-0.2, 0) is 10.0 Å². The summed E-state index contributed by atoms with van der Waals surface area (Å²) in [5, 5.41) is 6.60. The Bertz CT molecular complexity index is 579. The summed E-state index contributed by atoms with van der Waals surface area (Å²) in [6.45, 7) is 5.16. The molecule has 1 aliphatic rings. The van der Waals surface area contributed by atoms with E-state index in [1.807, 2.05) is 19.1 Å². The van der Waals surface area contributed by atoms with Crippen LogP contribution in [0.2, 0.25) is 0 Å². The van der Waals surface area contributed by atoms with E-state index in [1.54, 1.807) is 12.1 Å². The molecule has 21 heavy (non-hydrogen) atoms. The molecule has 1 aromatic carbocycles. The van der Waals surface area contributed by atoms with E-state index in [1.165, 1.54) is 5.57 Å². The summed E-state index contributed by atoms with van der Waals surface area (Å²) in [6.07, 6.45) is 4.03. The smallest absolute Gasteiger partial charge is 0.240 e. The summed E-state index contributed by atoms with van der Waals surface area (Å²) in [4.78, 5) is 0.308. The van der Waals surface area contributed by atoms with Gasteiger partial charge in [-0.05, 0) is 43.7 Å². The molecule has 0 saturated carbocycles. The highest BCUT2D eigenvalue weighted by atomic mass is 32.2. The first-order valence-corrected chi connectivity index (χ1v) is 8.82. The van der Waals surface area contributed by atoms with Gasteiger partial charge in [-0.1, -0.05) is 18.6 Å². The van der Waals surface area contributed by atoms with Gasteiger partial charge in [0.1, 0.15) is 0 Å². The van der Waals surface area contributed by atoms with Crippen LogP contribution in [0.4, 0.5) is 5.69 Å². The lowest BCUT2D eigenvalue weighted by molar-refractivity contribution is 0.581. The molecule has 5 nitrogen and oxygen atoms in total. The van der Waals surface area contributed by atoms with Gasteiger partial charge in [0.05, 0.1) is 4.90 Å². The highest BCUT2D eigenvalue weighted by Gasteiger charge is 2.12. The molecule has 0 unspecified atom stereocenters. The Hall–Kier alpha value is -1.37. The summed E-state index contributed by atoms with van der Waals surface area (Å²) >= 11 is 0. The molecule has 0 aliphatic carbocycles. The molecule has 116 valence electrons. The zero-order valence-corrected chi connectivity index (χ0v) is 13.2. The highest BCUT2D eigenvalue weighted by Crippen LogP contribution is 2.15. The molecule has 1 aromatic rings. The monoisotopic (exact) mass is 309 g/mol. The van der Waals surface area contributed by atoms with Gasteiger partial charge in [0, 0.05) is 25.3 Å². The highest BCUT2D eigenvalue weighted by molar-refractivity contribution is 7.89. The molecule has 0 saturated heterocycles. The van der Waals surface area contributed by atoms with Gasteiger partial charge < -0.3 is 10.6 Å². The van der Waals surface area contributed by atoms with Crippen LogP contribution in [0.5, 0.6) is 0 Å². The summed E-state index contributed by atoms with van der Waals surface area (Å²) < 4.78 is 26.5. The van der Waals surface area contributed by atoms with E-state index < -0.39 is 10.0 Å². The number of anilines is 1. The molecule has 0 atom stereocenters. The SMILES string of the molecule is CCCNS(=O)(=O)c1ccc(NCC2=CCNCC2)cc1. The Morgan fingerprint density at radius 3 is 2.62 bits per heavy atom. The Morgan fingerprint density at radius 1 is 1.24 bits per heavy atom. The Balaban J connectivity index is 1.94. The molecule has 1 heterocycles. The van der Waals surface area contributed by atoms with Crippen molar-refractivity contribution < 1.29 is 8.42 Å². The first-order valence-electron chi connectivity index (χ1n) is 7.34. The first kappa shape index (κ1) is 16.0. The molecule has 2 rings (SSSR count). The second-order valence-corrected chi connectivity index (χ2v) is 6.86. The molecular weight excluding hydrogens is 286 g/mol. The maximum atomic E-state index is 12.0. The van der Waals surface area contributed by atoms with Crippen molar-refractivity contribution in [2.24, 2.45) is 0 Å². The fourth-order valence-electron chi connectivity index (χ4n) is 2.12. The van der Waals surface area contributed by atoms with Crippen LogP contribution < -0.4 is 15.4 Å². The molecular formula is C15H23N3O2S. The maximum Gasteiger partial charge on any atom is 0.240 e. The van der Waals surface area contributed by atoms with E-state index in [0.29, 0.717) is 11.4 Å². The van der Waals surface area contributed by atoms with Crippen molar-refractivity contribution in [2.45, 2.75) is 24.7 Å². The molecule has 0 radical (unpaired) electrons. The molecule has 0 bridgehead atoms. The van der Waals surface area contributed by atoms with Gasteiger partial charge in [0.15, 0.2) is 0 Å². The van der Waals surface area contributed by atoms with Crippen molar-refractivity contribution >= 4 is 15.7 Å². The molecule has 6 heteroatoms. The minimum Gasteiger partial charge on any atom is -0.381 e. The van der Waals surface area contributed by atoms with Crippen molar-refractivity contribution in [3.8, 4) is 0 Å². The van der Waals surface area contributed by atoms with Crippen LogP contribution in [0.1, 0.15) is 19.8 Å². The van der Waals surface area contributed by atoms with Crippen LogP contribution in [0.15, 0.2) is 40.8 Å². The molecule has 0 aromatic heterocycles. The number of hydrogen-bond acceptors (Lipinski definition) is 4. The van der Waals surface area contributed by atoms with Crippen molar-refractivity contribution in [1.29, 1.82) is 0 Å². The lowest BCUT2D eigenvalue weighted by Crippen LogP contribution is -2.24. The number of hydrogen-bond donors (Lipinski definition) is 3. The van der Waals surface area contributed by atoms with Gasteiger partial charge in [0.2, 0.25) is 10.0 Å². The van der Waals surface area contributed by atoms with E-state index in [0.717, 1.165) is 38.2 Å². The average Bonchev–Trinajstić information content (AvgIpc) is 2.52. The third-order valence-corrected chi connectivity index (χ3v) is 4.86. The van der Waals surface area contributed by atoms with Gasteiger partial charge >= 0.3 is 0 Å². The normalized spacial score (nSPS) is 15.6. The molecule has 0 amide bonds. The van der Waals surface area contributed by atoms with E-state index in [9.17, 15) is 8.42 Å². The molecule has 3 N–H and O–H groups in total. The van der Waals surface area contributed by atoms with Crippen LogP contribution >= 0.6 is 0 Å². The summed E-state index contributed by atoms with van der Waals surface area (Å²) in [5.74, 6) is 0. The zero-order valence-electron chi connectivity index (χ0n) is 12.4. The van der Waals surface area contributed by atoms with Crippen molar-refractivity contribution in [3.63, 3.8) is 0 Å². The van der Waals surface area contributed by atoms with Crippen LogP contribution in [0.3, 0.4) is 0 Å². The lowest BCUT2D eigenvalue weighted by Gasteiger charge is -2.15. The minimum absolute atomic E-state index is 0.308. The summed E-state index contributed by atoms with van der Waals surface area (Å²) in [5.41, 5.74) is 2.32. The van der Waals surface area contributed by atoms with Gasteiger partial charge in [-0.15, -0.1) is 0 Å². The molecule has 0 fully saturated rings. The first-order chi connectivity index (χ1) is 10.1. The Labute approximate surface area is 126 Å². The van der Waals surface area contributed by atoms with Gasteiger partial charge in [-0.2, -0.15) is 0 Å². The fraction of sp³-hybridized carbons (Fsp3) is 0.467.